The first kappa shape index (κ1) is 18.7. The van der Waals surface area contributed by atoms with Crippen LogP contribution < -0.4 is 4.74 Å². The van der Waals surface area contributed by atoms with Crippen molar-refractivity contribution in [3.63, 3.8) is 0 Å². The molecule has 0 fully saturated rings. The molecule has 29 heavy (non-hydrogen) atoms. The summed E-state index contributed by atoms with van der Waals surface area (Å²) in [5.74, 6) is 0.150. The summed E-state index contributed by atoms with van der Waals surface area (Å²) < 4.78 is 5.23. The van der Waals surface area contributed by atoms with E-state index in [0.29, 0.717) is 22.5 Å². The van der Waals surface area contributed by atoms with E-state index in [1.54, 1.807) is 19.2 Å². The maximum Gasteiger partial charge on any atom is 0.262 e. The van der Waals surface area contributed by atoms with Crippen molar-refractivity contribution in [2.75, 3.05) is 7.11 Å². The SMILES string of the molecule is COc1ccc(C2=C(c3ccc(C)cc3)C(=O)N(Cc3ccccc3)C2=O)cc1. The number of amides is 2. The van der Waals surface area contributed by atoms with Crippen molar-refractivity contribution in [3.05, 3.63) is 101 Å². The predicted molar refractivity (Wildman–Crippen MR) is 113 cm³/mol. The molecule has 0 N–H and O–H groups in total. The summed E-state index contributed by atoms with van der Waals surface area (Å²) in [6, 6.07) is 24.5. The van der Waals surface area contributed by atoms with E-state index in [0.717, 1.165) is 16.7 Å². The number of ether oxygens (including phenoxy) is 1. The van der Waals surface area contributed by atoms with Gasteiger partial charge in [-0.25, -0.2) is 0 Å². The Bertz CT molecular complexity index is 1080. The summed E-state index contributed by atoms with van der Waals surface area (Å²) in [7, 11) is 1.60. The zero-order chi connectivity index (χ0) is 20.4. The molecule has 144 valence electrons. The minimum atomic E-state index is -0.278. The molecule has 3 aromatic carbocycles. The van der Waals surface area contributed by atoms with Crippen LogP contribution in [0.2, 0.25) is 0 Å². The summed E-state index contributed by atoms with van der Waals surface area (Å²) in [4.78, 5) is 28.0. The molecular weight excluding hydrogens is 362 g/mol. The molecule has 0 spiro atoms. The van der Waals surface area contributed by atoms with Gasteiger partial charge in [-0.2, -0.15) is 0 Å². The van der Waals surface area contributed by atoms with Gasteiger partial charge in [0.05, 0.1) is 24.8 Å². The highest BCUT2D eigenvalue weighted by Gasteiger charge is 2.39. The van der Waals surface area contributed by atoms with Crippen molar-refractivity contribution in [3.8, 4) is 5.75 Å². The quantitative estimate of drug-likeness (QED) is 0.610. The van der Waals surface area contributed by atoms with Crippen molar-refractivity contribution in [1.82, 2.24) is 4.90 Å². The molecule has 1 aliphatic rings. The van der Waals surface area contributed by atoms with Gasteiger partial charge < -0.3 is 4.74 Å². The molecule has 3 aromatic rings. The largest absolute Gasteiger partial charge is 0.497 e. The molecule has 0 saturated carbocycles. The highest BCUT2D eigenvalue weighted by atomic mass is 16.5. The summed E-state index contributed by atoms with van der Waals surface area (Å²) in [5, 5.41) is 0. The zero-order valence-electron chi connectivity index (χ0n) is 16.4. The number of methoxy groups -OCH3 is 1. The maximum atomic E-state index is 13.3. The second-order valence-corrected chi connectivity index (χ2v) is 7.03. The van der Waals surface area contributed by atoms with E-state index in [1.807, 2.05) is 73.7 Å². The maximum absolute atomic E-state index is 13.3. The molecule has 4 nitrogen and oxygen atoms in total. The average Bonchev–Trinajstić information content (AvgIpc) is 3.00. The van der Waals surface area contributed by atoms with Gasteiger partial charge in [-0.05, 0) is 35.7 Å². The van der Waals surface area contributed by atoms with Crippen LogP contribution in [0.3, 0.4) is 0 Å². The first-order chi connectivity index (χ1) is 14.1. The molecule has 0 atom stereocenters. The third kappa shape index (κ3) is 3.57. The van der Waals surface area contributed by atoms with Gasteiger partial charge in [0.1, 0.15) is 5.75 Å². The van der Waals surface area contributed by atoms with Crippen molar-refractivity contribution in [2.45, 2.75) is 13.5 Å². The van der Waals surface area contributed by atoms with Gasteiger partial charge in [-0.15, -0.1) is 0 Å². The van der Waals surface area contributed by atoms with Gasteiger partial charge in [-0.1, -0.05) is 72.3 Å². The summed E-state index contributed by atoms with van der Waals surface area (Å²) in [6.07, 6.45) is 0. The molecule has 4 heteroatoms. The number of carbonyl (C=O) groups excluding carboxylic acids is 2. The van der Waals surface area contributed by atoms with E-state index in [4.69, 9.17) is 4.74 Å². The Balaban J connectivity index is 1.81. The van der Waals surface area contributed by atoms with Crippen LogP contribution in [0.1, 0.15) is 22.3 Å². The second-order valence-electron chi connectivity index (χ2n) is 7.03. The summed E-state index contributed by atoms with van der Waals surface area (Å²) >= 11 is 0. The Morgan fingerprint density at radius 1 is 0.724 bits per heavy atom. The number of imide groups is 1. The molecule has 0 radical (unpaired) electrons. The van der Waals surface area contributed by atoms with Gasteiger partial charge in [-0.3, -0.25) is 14.5 Å². The van der Waals surface area contributed by atoms with Crippen molar-refractivity contribution >= 4 is 23.0 Å². The second kappa shape index (κ2) is 7.76. The third-order valence-electron chi connectivity index (χ3n) is 5.07. The number of carbonyl (C=O) groups is 2. The lowest BCUT2D eigenvalue weighted by atomic mass is 9.96. The van der Waals surface area contributed by atoms with E-state index in [-0.39, 0.29) is 18.4 Å². The van der Waals surface area contributed by atoms with Crippen LogP contribution in [-0.4, -0.2) is 23.8 Å². The normalized spacial score (nSPS) is 13.9. The predicted octanol–water partition coefficient (Wildman–Crippen LogP) is 4.48. The minimum absolute atomic E-state index is 0.244. The molecule has 0 saturated heterocycles. The highest BCUT2D eigenvalue weighted by Crippen LogP contribution is 2.37. The molecular formula is C25H21NO3. The first-order valence-corrected chi connectivity index (χ1v) is 9.44. The lowest BCUT2D eigenvalue weighted by Crippen LogP contribution is -2.30. The van der Waals surface area contributed by atoms with Crippen LogP contribution >= 0.6 is 0 Å². The topological polar surface area (TPSA) is 46.6 Å². The molecule has 0 aromatic heterocycles. The third-order valence-corrected chi connectivity index (χ3v) is 5.07. The highest BCUT2D eigenvalue weighted by molar-refractivity contribution is 6.48. The molecule has 0 unspecified atom stereocenters. The van der Waals surface area contributed by atoms with Crippen molar-refractivity contribution < 1.29 is 14.3 Å². The van der Waals surface area contributed by atoms with Crippen LogP contribution in [0.4, 0.5) is 0 Å². The fourth-order valence-electron chi connectivity index (χ4n) is 3.50. The van der Waals surface area contributed by atoms with Crippen LogP contribution in [-0.2, 0) is 16.1 Å². The van der Waals surface area contributed by atoms with Crippen LogP contribution in [0.5, 0.6) is 5.75 Å². The zero-order valence-corrected chi connectivity index (χ0v) is 16.4. The molecule has 0 bridgehead atoms. The van der Waals surface area contributed by atoms with Gasteiger partial charge in [0.2, 0.25) is 0 Å². The number of hydrogen-bond donors (Lipinski definition) is 0. The summed E-state index contributed by atoms with van der Waals surface area (Å²) in [6.45, 7) is 2.24. The van der Waals surface area contributed by atoms with E-state index < -0.39 is 0 Å². The molecule has 1 heterocycles. The van der Waals surface area contributed by atoms with Crippen LogP contribution in [0.15, 0.2) is 78.9 Å². The lowest BCUT2D eigenvalue weighted by molar-refractivity contribution is -0.136. The number of nitrogens with zero attached hydrogens (tertiary/aromatic N) is 1. The van der Waals surface area contributed by atoms with E-state index in [2.05, 4.69) is 0 Å². The lowest BCUT2D eigenvalue weighted by Gasteiger charge is -2.15. The number of hydrogen-bond acceptors (Lipinski definition) is 3. The Morgan fingerprint density at radius 2 is 1.24 bits per heavy atom. The van der Waals surface area contributed by atoms with Gasteiger partial charge >= 0.3 is 0 Å². The molecule has 2 amide bonds. The molecule has 4 rings (SSSR count). The molecule has 1 aliphatic heterocycles. The fourth-order valence-corrected chi connectivity index (χ4v) is 3.50. The average molecular weight is 383 g/mol. The van der Waals surface area contributed by atoms with Crippen molar-refractivity contribution in [2.24, 2.45) is 0 Å². The van der Waals surface area contributed by atoms with E-state index >= 15 is 0 Å². The number of rotatable bonds is 5. The Labute approximate surface area is 170 Å². The number of benzene rings is 3. The standard InChI is InChI=1S/C25H21NO3/c1-17-8-10-19(11-9-17)22-23(20-12-14-21(29-2)15-13-20)25(28)26(24(22)27)16-18-6-4-3-5-7-18/h3-15H,16H2,1-2H3. The van der Waals surface area contributed by atoms with Gasteiger partial charge in [0.25, 0.3) is 11.8 Å². The monoisotopic (exact) mass is 383 g/mol. The Hall–Kier alpha value is -3.66. The fraction of sp³-hybridized carbons (Fsp3) is 0.120. The summed E-state index contributed by atoms with van der Waals surface area (Å²) in [5.41, 5.74) is 4.32. The van der Waals surface area contributed by atoms with E-state index in [1.165, 1.54) is 4.90 Å². The van der Waals surface area contributed by atoms with E-state index in [9.17, 15) is 9.59 Å². The first-order valence-electron chi connectivity index (χ1n) is 9.44. The number of aryl methyl sites for hydroxylation is 1. The van der Waals surface area contributed by atoms with Crippen LogP contribution in [0.25, 0.3) is 11.1 Å². The van der Waals surface area contributed by atoms with Crippen molar-refractivity contribution in [1.29, 1.82) is 0 Å². The Kier molecular flexibility index (Phi) is 5.00. The minimum Gasteiger partial charge on any atom is -0.497 e. The van der Waals surface area contributed by atoms with Gasteiger partial charge in [0, 0.05) is 0 Å². The smallest absolute Gasteiger partial charge is 0.262 e. The Morgan fingerprint density at radius 3 is 1.76 bits per heavy atom. The molecule has 0 aliphatic carbocycles. The van der Waals surface area contributed by atoms with Gasteiger partial charge in [0.15, 0.2) is 0 Å². The van der Waals surface area contributed by atoms with Crippen LogP contribution in [0, 0.1) is 6.92 Å².